The smallest absolute Gasteiger partial charge is 0.254 e. The minimum Gasteiger partial charge on any atom is -0.497 e. The Morgan fingerprint density at radius 2 is 1.90 bits per heavy atom. The molecule has 5 heteroatoms. The van der Waals surface area contributed by atoms with E-state index in [9.17, 15) is 9.59 Å². The van der Waals surface area contributed by atoms with Crippen LogP contribution in [0.15, 0.2) is 18.2 Å². The predicted octanol–water partition coefficient (Wildman–Crippen LogP) is 1.75. The number of hydrogen-bond acceptors (Lipinski definition) is 4. The zero-order valence-electron chi connectivity index (χ0n) is 11.8. The van der Waals surface area contributed by atoms with Gasteiger partial charge in [0, 0.05) is 30.6 Å². The SMILES string of the molecule is COc1cc(OC)cc(C(=O)N2CCCC(C=O)C2)c1. The van der Waals surface area contributed by atoms with Gasteiger partial charge in [0.1, 0.15) is 17.8 Å². The largest absolute Gasteiger partial charge is 0.497 e. The van der Waals surface area contributed by atoms with Crippen LogP contribution in [0, 0.1) is 5.92 Å². The lowest BCUT2D eigenvalue weighted by Gasteiger charge is -2.30. The molecule has 1 fully saturated rings. The van der Waals surface area contributed by atoms with Gasteiger partial charge in [-0.3, -0.25) is 4.79 Å². The summed E-state index contributed by atoms with van der Waals surface area (Å²) in [7, 11) is 3.10. The molecular weight excluding hydrogens is 258 g/mol. The molecule has 1 atom stereocenters. The van der Waals surface area contributed by atoms with Crippen LogP contribution in [0.3, 0.4) is 0 Å². The van der Waals surface area contributed by atoms with Crippen LogP contribution in [-0.2, 0) is 4.79 Å². The van der Waals surface area contributed by atoms with E-state index in [1.165, 1.54) is 0 Å². The number of amides is 1. The molecule has 0 radical (unpaired) electrons. The van der Waals surface area contributed by atoms with Crippen molar-refractivity contribution in [2.45, 2.75) is 12.8 Å². The summed E-state index contributed by atoms with van der Waals surface area (Å²) in [5.74, 6) is 1.02. The minimum absolute atomic E-state index is 0.0554. The van der Waals surface area contributed by atoms with Crippen molar-refractivity contribution in [3.05, 3.63) is 23.8 Å². The summed E-state index contributed by atoms with van der Waals surface area (Å²) in [6.45, 7) is 1.17. The first kappa shape index (κ1) is 14.4. The fraction of sp³-hybridized carbons (Fsp3) is 0.467. The van der Waals surface area contributed by atoms with Gasteiger partial charge in [0.05, 0.1) is 14.2 Å². The predicted molar refractivity (Wildman–Crippen MR) is 74.2 cm³/mol. The van der Waals surface area contributed by atoms with E-state index in [4.69, 9.17) is 9.47 Å². The summed E-state index contributed by atoms with van der Waals surface area (Å²) in [5, 5.41) is 0. The first-order chi connectivity index (χ1) is 9.67. The highest BCUT2D eigenvalue weighted by Gasteiger charge is 2.24. The minimum atomic E-state index is -0.0891. The van der Waals surface area contributed by atoms with Crippen LogP contribution in [0.2, 0.25) is 0 Å². The van der Waals surface area contributed by atoms with Crippen LogP contribution in [0.4, 0.5) is 0 Å². The highest BCUT2D eigenvalue weighted by atomic mass is 16.5. The fourth-order valence-corrected chi connectivity index (χ4v) is 2.42. The van der Waals surface area contributed by atoms with Crippen molar-refractivity contribution in [2.75, 3.05) is 27.3 Å². The maximum atomic E-state index is 12.5. The van der Waals surface area contributed by atoms with Gasteiger partial charge in [0.2, 0.25) is 0 Å². The Kier molecular flexibility index (Phi) is 4.61. The van der Waals surface area contributed by atoms with E-state index < -0.39 is 0 Å². The first-order valence-corrected chi connectivity index (χ1v) is 6.65. The lowest BCUT2D eigenvalue weighted by Crippen LogP contribution is -2.40. The van der Waals surface area contributed by atoms with Crippen molar-refractivity contribution >= 4 is 12.2 Å². The molecular formula is C15H19NO4. The molecule has 5 nitrogen and oxygen atoms in total. The molecule has 1 aromatic rings. The number of hydrogen-bond donors (Lipinski definition) is 0. The summed E-state index contributed by atoms with van der Waals surface area (Å²) in [6, 6.07) is 5.10. The summed E-state index contributed by atoms with van der Waals surface area (Å²) >= 11 is 0. The normalized spacial score (nSPS) is 18.5. The number of carbonyl (C=O) groups excluding carboxylic acids is 2. The van der Waals surface area contributed by atoms with Crippen LogP contribution in [-0.4, -0.2) is 44.4 Å². The summed E-state index contributed by atoms with van der Waals surface area (Å²) in [6.07, 6.45) is 2.65. The Morgan fingerprint density at radius 1 is 1.25 bits per heavy atom. The van der Waals surface area contributed by atoms with Crippen LogP contribution in [0.1, 0.15) is 23.2 Å². The van der Waals surface area contributed by atoms with Gasteiger partial charge in [-0.2, -0.15) is 0 Å². The number of carbonyl (C=O) groups is 2. The van der Waals surface area contributed by atoms with Gasteiger partial charge >= 0.3 is 0 Å². The number of ether oxygens (including phenoxy) is 2. The Hall–Kier alpha value is -2.04. The number of rotatable bonds is 4. The highest BCUT2D eigenvalue weighted by molar-refractivity contribution is 5.95. The van der Waals surface area contributed by atoms with Crippen molar-refractivity contribution in [3.8, 4) is 11.5 Å². The van der Waals surface area contributed by atoms with Crippen molar-refractivity contribution in [1.29, 1.82) is 0 Å². The van der Waals surface area contributed by atoms with Crippen LogP contribution in [0.5, 0.6) is 11.5 Å². The molecule has 20 heavy (non-hydrogen) atoms. The third-order valence-corrected chi connectivity index (χ3v) is 3.54. The van der Waals surface area contributed by atoms with Gasteiger partial charge in [0.25, 0.3) is 5.91 Å². The van der Waals surface area contributed by atoms with E-state index >= 15 is 0 Å². The molecule has 108 valence electrons. The first-order valence-electron chi connectivity index (χ1n) is 6.65. The van der Waals surface area contributed by atoms with E-state index in [-0.39, 0.29) is 11.8 Å². The average molecular weight is 277 g/mol. The zero-order chi connectivity index (χ0) is 14.5. The van der Waals surface area contributed by atoms with Crippen LogP contribution in [0.25, 0.3) is 0 Å². The van der Waals surface area contributed by atoms with E-state index in [1.807, 2.05) is 0 Å². The Balaban J connectivity index is 2.21. The molecule has 0 spiro atoms. The van der Waals surface area contributed by atoms with Gasteiger partial charge in [-0.1, -0.05) is 0 Å². The summed E-state index contributed by atoms with van der Waals surface area (Å²) in [5.41, 5.74) is 0.521. The molecule has 0 N–H and O–H groups in total. The number of likely N-dealkylation sites (tertiary alicyclic amines) is 1. The molecule has 0 saturated carbocycles. The van der Waals surface area contributed by atoms with Gasteiger partial charge in [-0.05, 0) is 25.0 Å². The Bertz CT molecular complexity index is 478. The molecule has 2 rings (SSSR count). The zero-order valence-corrected chi connectivity index (χ0v) is 11.8. The maximum absolute atomic E-state index is 12.5. The number of benzene rings is 1. The van der Waals surface area contributed by atoms with Crippen molar-refractivity contribution in [3.63, 3.8) is 0 Å². The molecule has 0 bridgehead atoms. The number of aldehydes is 1. The Labute approximate surface area is 118 Å². The fourth-order valence-electron chi connectivity index (χ4n) is 2.42. The van der Waals surface area contributed by atoms with E-state index in [0.29, 0.717) is 30.2 Å². The standard InChI is InChI=1S/C15H19NO4/c1-19-13-6-12(7-14(8-13)20-2)15(18)16-5-3-4-11(9-16)10-17/h6-8,10-11H,3-5,9H2,1-2H3. The van der Waals surface area contributed by atoms with Gasteiger partial charge in [-0.15, -0.1) is 0 Å². The van der Waals surface area contributed by atoms with Crippen molar-refractivity contribution < 1.29 is 19.1 Å². The second kappa shape index (κ2) is 6.41. The number of piperidine rings is 1. The second-order valence-electron chi connectivity index (χ2n) is 4.89. The molecule has 0 aromatic heterocycles. The summed E-state index contributed by atoms with van der Waals surface area (Å²) < 4.78 is 10.3. The molecule has 1 heterocycles. The van der Waals surface area contributed by atoms with E-state index in [2.05, 4.69) is 0 Å². The topological polar surface area (TPSA) is 55.8 Å². The Morgan fingerprint density at radius 3 is 2.45 bits per heavy atom. The van der Waals surface area contributed by atoms with Crippen LogP contribution >= 0.6 is 0 Å². The lowest BCUT2D eigenvalue weighted by atomic mass is 9.99. The number of methoxy groups -OCH3 is 2. The second-order valence-corrected chi connectivity index (χ2v) is 4.89. The molecule has 0 aliphatic carbocycles. The molecule has 1 saturated heterocycles. The van der Waals surface area contributed by atoms with Crippen molar-refractivity contribution in [2.24, 2.45) is 5.92 Å². The van der Waals surface area contributed by atoms with E-state index in [1.54, 1.807) is 37.3 Å². The van der Waals surface area contributed by atoms with Gasteiger partial charge in [0.15, 0.2) is 0 Å². The monoisotopic (exact) mass is 277 g/mol. The molecule has 1 unspecified atom stereocenters. The molecule has 1 aliphatic rings. The average Bonchev–Trinajstić information content (AvgIpc) is 2.53. The third kappa shape index (κ3) is 3.10. The summed E-state index contributed by atoms with van der Waals surface area (Å²) in [4.78, 5) is 25.1. The maximum Gasteiger partial charge on any atom is 0.254 e. The molecule has 1 amide bonds. The van der Waals surface area contributed by atoms with Crippen LogP contribution < -0.4 is 9.47 Å². The van der Waals surface area contributed by atoms with E-state index in [0.717, 1.165) is 19.1 Å². The third-order valence-electron chi connectivity index (χ3n) is 3.54. The quantitative estimate of drug-likeness (QED) is 0.787. The molecule has 1 aliphatic heterocycles. The highest BCUT2D eigenvalue weighted by Crippen LogP contribution is 2.25. The van der Waals surface area contributed by atoms with Crippen molar-refractivity contribution in [1.82, 2.24) is 4.90 Å². The molecule has 1 aromatic carbocycles. The van der Waals surface area contributed by atoms with Gasteiger partial charge < -0.3 is 19.2 Å². The lowest BCUT2D eigenvalue weighted by molar-refractivity contribution is -0.112. The number of nitrogens with zero attached hydrogens (tertiary/aromatic N) is 1. The van der Waals surface area contributed by atoms with Gasteiger partial charge in [-0.25, -0.2) is 0 Å².